The van der Waals surface area contributed by atoms with Crippen LogP contribution in [0.2, 0.25) is 0 Å². The number of anilines is 1. The Labute approximate surface area is 120 Å². The van der Waals surface area contributed by atoms with Crippen LogP contribution in [0.1, 0.15) is 10.5 Å². The molecule has 3 aromatic rings. The van der Waals surface area contributed by atoms with Crippen LogP contribution in [0.15, 0.2) is 42.7 Å². The van der Waals surface area contributed by atoms with Crippen molar-refractivity contribution >= 4 is 22.6 Å². The summed E-state index contributed by atoms with van der Waals surface area (Å²) in [5, 5.41) is 20.9. The number of carbonyl (C=O) groups is 1. The summed E-state index contributed by atoms with van der Waals surface area (Å²) < 4.78 is 1.70. The first-order valence-electron chi connectivity index (χ1n) is 6.45. The second kappa shape index (κ2) is 5.58. The van der Waals surface area contributed by atoms with Crippen molar-refractivity contribution in [3.05, 3.63) is 48.4 Å². The Kier molecular flexibility index (Phi) is 3.46. The molecule has 21 heavy (non-hydrogen) atoms. The van der Waals surface area contributed by atoms with Gasteiger partial charge in [-0.3, -0.25) is 4.68 Å². The average molecular weight is 283 g/mol. The van der Waals surface area contributed by atoms with Gasteiger partial charge in [-0.05, 0) is 12.1 Å². The van der Waals surface area contributed by atoms with Crippen molar-refractivity contribution in [3.8, 4) is 0 Å². The first-order valence-corrected chi connectivity index (χ1v) is 6.45. The van der Waals surface area contributed by atoms with Gasteiger partial charge in [-0.15, -0.1) is 5.10 Å². The second-order valence-corrected chi connectivity index (χ2v) is 4.47. The van der Waals surface area contributed by atoms with Gasteiger partial charge in [-0.2, -0.15) is 0 Å². The fraction of sp³-hybridized carbons (Fsp3) is 0.143. The van der Waals surface area contributed by atoms with Crippen LogP contribution < -0.4 is 5.32 Å². The lowest BCUT2D eigenvalue weighted by molar-refractivity contribution is 0.0691. The second-order valence-electron chi connectivity index (χ2n) is 4.47. The molecule has 2 N–H and O–H groups in total. The maximum absolute atomic E-state index is 11.1. The number of pyridine rings is 1. The van der Waals surface area contributed by atoms with E-state index in [1.54, 1.807) is 29.2 Å². The third-order valence-electron chi connectivity index (χ3n) is 3.06. The van der Waals surface area contributed by atoms with E-state index in [0.29, 0.717) is 18.6 Å². The first-order chi connectivity index (χ1) is 10.2. The monoisotopic (exact) mass is 283 g/mol. The summed E-state index contributed by atoms with van der Waals surface area (Å²) in [4.78, 5) is 15.3. The number of aromatic nitrogens is 4. The molecular formula is C14H13N5O2. The minimum absolute atomic E-state index is 0.0250. The summed E-state index contributed by atoms with van der Waals surface area (Å²) in [7, 11) is 0. The molecule has 0 fully saturated rings. The van der Waals surface area contributed by atoms with E-state index in [9.17, 15) is 4.79 Å². The minimum atomic E-state index is -1.04. The van der Waals surface area contributed by atoms with E-state index in [4.69, 9.17) is 5.11 Å². The van der Waals surface area contributed by atoms with Gasteiger partial charge in [0.25, 0.3) is 0 Å². The normalized spacial score (nSPS) is 10.7. The zero-order valence-corrected chi connectivity index (χ0v) is 11.1. The Bertz CT molecular complexity index is 770. The predicted octanol–water partition coefficient (Wildman–Crippen LogP) is 1.64. The van der Waals surface area contributed by atoms with E-state index < -0.39 is 5.97 Å². The van der Waals surface area contributed by atoms with Crippen molar-refractivity contribution < 1.29 is 9.90 Å². The van der Waals surface area contributed by atoms with Gasteiger partial charge >= 0.3 is 5.97 Å². The minimum Gasteiger partial charge on any atom is -0.477 e. The molecule has 0 saturated carbocycles. The van der Waals surface area contributed by atoms with Crippen LogP contribution in [-0.4, -0.2) is 37.6 Å². The number of nitrogens with zero attached hydrogens (tertiary/aromatic N) is 4. The molecular weight excluding hydrogens is 270 g/mol. The maximum Gasteiger partial charge on any atom is 0.354 e. The lowest BCUT2D eigenvalue weighted by Crippen LogP contribution is -2.12. The highest BCUT2D eigenvalue weighted by atomic mass is 16.4. The van der Waals surface area contributed by atoms with Gasteiger partial charge in [0.15, 0.2) is 5.69 Å². The molecule has 0 unspecified atom stereocenters. The number of carboxylic acids is 1. The Balaban J connectivity index is 1.87. The number of carboxylic acid groups (broad SMARTS) is 1. The summed E-state index contributed by atoms with van der Waals surface area (Å²) in [6.07, 6.45) is 3.39. The average Bonchev–Trinajstić information content (AvgIpc) is 3.00. The fourth-order valence-electron chi connectivity index (χ4n) is 2.09. The molecule has 0 aliphatic rings. The number of aromatic carboxylic acids is 1. The van der Waals surface area contributed by atoms with Crippen LogP contribution >= 0.6 is 0 Å². The van der Waals surface area contributed by atoms with E-state index >= 15 is 0 Å². The molecule has 1 aromatic carbocycles. The number of hydrogen-bond acceptors (Lipinski definition) is 5. The highest BCUT2D eigenvalue weighted by molar-refractivity contribution is 5.97. The molecule has 106 valence electrons. The fourth-order valence-corrected chi connectivity index (χ4v) is 2.09. The number of fused-ring (bicyclic) bond motifs is 1. The molecule has 2 heterocycles. The van der Waals surface area contributed by atoms with Crippen LogP contribution in [0.4, 0.5) is 5.69 Å². The zero-order valence-electron chi connectivity index (χ0n) is 11.1. The highest BCUT2D eigenvalue weighted by Crippen LogP contribution is 2.23. The van der Waals surface area contributed by atoms with E-state index in [0.717, 1.165) is 11.1 Å². The molecule has 7 heteroatoms. The Morgan fingerprint density at radius 1 is 1.33 bits per heavy atom. The van der Waals surface area contributed by atoms with Gasteiger partial charge in [0, 0.05) is 23.8 Å². The van der Waals surface area contributed by atoms with E-state index in [1.807, 2.05) is 18.2 Å². The van der Waals surface area contributed by atoms with Gasteiger partial charge in [0.1, 0.15) is 0 Å². The van der Waals surface area contributed by atoms with Gasteiger partial charge in [-0.25, -0.2) is 9.78 Å². The maximum atomic E-state index is 11.1. The van der Waals surface area contributed by atoms with Crippen LogP contribution in [-0.2, 0) is 6.54 Å². The summed E-state index contributed by atoms with van der Waals surface area (Å²) in [5.41, 5.74) is 1.43. The largest absolute Gasteiger partial charge is 0.477 e. The number of benzene rings is 1. The van der Waals surface area contributed by atoms with Crippen LogP contribution in [0.3, 0.4) is 0 Å². The molecule has 7 nitrogen and oxygen atoms in total. The molecule has 0 spiro atoms. The van der Waals surface area contributed by atoms with E-state index in [1.165, 1.54) is 0 Å². The van der Waals surface area contributed by atoms with Gasteiger partial charge in [-0.1, -0.05) is 23.4 Å². The third-order valence-corrected chi connectivity index (χ3v) is 3.06. The topological polar surface area (TPSA) is 92.9 Å². The van der Waals surface area contributed by atoms with Crippen molar-refractivity contribution in [1.29, 1.82) is 0 Å². The van der Waals surface area contributed by atoms with Crippen molar-refractivity contribution in [3.63, 3.8) is 0 Å². The van der Waals surface area contributed by atoms with Gasteiger partial charge in [0.2, 0.25) is 0 Å². The first kappa shape index (κ1) is 13.0. The molecule has 3 rings (SSSR count). The highest BCUT2D eigenvalue weighted by Gasteiger charge is 2.10. The van der Waals surface area contributed by atoms with Crippen molar-refractivity contribution in [2.45, 2.75) is 6.54 Å². The smallest absolute Gasteiger partial charge is 0.354 e. The predicted molar refractivity (Wildman–Crippen MR) is 77.2 cm³/mol. The summed E-state index contributed by atoms with van der Waals surface area (Å²) in [6.45, 7) is 1.25. The standard InChI is InChI=1S/C14H13N5O2/c20-14(21)13-9-12(10-3-1-2-4-11(10)17-13)15-5-7-19-8-6-16-18-19/h1-4,6,8-9H,5,7H2,(H,15,17)(H,20,21). The SMILES string of the molecule is O=C(O)c1cc(NCCn2ccnn2)c2ccccc2n1. The Morgan fingerprint density at radius 2 is 2.19 bits per heavy atom. The summed E-state index contributed by atoms with van der Waals surface area (Å²) >= 11 is 0. The lowest BCUT2D eigenvalue weighted by Gasteiger charge is -2.10. The third kappa shape index (κ3) is 2.81. The quantitative estimate of drug-likeness (QED) is 0.739. The van der Waals surface area contributed by atoms with E-state index in [-0.39, 0.29) is 5.69 Å². The van der Waals surface area contributed by atoms with E-state index in [2.05, 4.69) is 20.6 Å². The molecule has 0 radical (unpaired) electrons. The van der Waals surface area contributed by atoms with Gasteiger partial charge in [0.05, 0.1) is 18.3 Å². The molecule has 0 atom stereocenters. The Morgan fingerprint density at radius 3 is 2.95 bits per heavy atom. The molecule has 2 aromatic heterocycles. The molecule has 0 bridgehead atoms. The Hall–Kier alpha value is -2.96. The number of rotatable bonds is 5. The van der Waals surface area contributed by atoms with Crippen molar-refractivity contribution in [1.82, 2.24) is 20.0 Å². The number of nitrogens with one attached hydrogen (secondary N) is 1. The molecule has 0 aliphatic carbocycles. The summed E-state index contributed by atoms with van der Waals surface area (Å²) in [6, 6.07) is 8.98. The lowest BCUT2D eigenvalue weighted by atomic mass is 10.1. The van der Waals surface area contributed by atoms with Crippen molar-refractivity contribution in [2.75, 3.05) is 11.9 Å². The summed E-state index contributed by atoms with van der Waals surface area (Å²) in [5.74, 6) is -1.04. The number of para-hydroxylation sites is 1. The van der Waals surface area contributed by atoms with Crippen LogP contribution in [0.25, 0.3) is 10.9 Å². The van der Waals surface area contributed by atoms with Crippen LogP contribution in [0, 0.1) is 0 Å². The van der Waals surface area contributed by atoms with Gasteiger partial charge < -0.3 is 10.4 Å². The molecule has 0 aliphatic heterocycles. The molecule has 0 saturated heterocycles. The van der Waals surface area contributed by atoms with Crippen molar-refractivity contribution in [2.24, 2.45) is 0 Å². The molecule has 0 amide bonds. The zero-order chi connectivity index (χ0) is 14.7. The van der Waals surface area contributed by atoms with Crippen LogP contribution in [0.5, 0.6) is 0 Å². The number of hydrogen-bond donors (Lipinski definition) is 2.